The first-order valence-corrected chi connectivity index (χ1v) is 7.76. The summed E-state index contributed by atoms with van der Waals surface area (Å²) < 4.78 is 0. The highest BCUT2D eigenvalue weighted by Gasteiger charge is 2.30. The van der Waals surface area contributed by atoms with Gasteiger partial charge in [0.2, 0.25) is 0 Å². The van der Waals surface area contributed by atoms with Crippen LogP contribution in [0, 0.1) is 5.41 Å². The van der Waals surface area contributed by atoms with Crippen molar-refractivity contribution in [1.82, 2.24) is 15.1 Å². The average Bonchev–Trinajstić information content (AvgIpc) is 2.76. The van der Waals surface area contributed by atoms with Crippen molar-refractivity contribution in [2.45, 2.75) is 45.6 Å². The normalized spacial score (nSPS) is 29.0. The molecule has 2 fully saturated rings. The van der Waals surface area contributed by atoms with Crippen molar-refractivity contribution in [3.8, 4) is 0 Å². The number of nitrogens with zero attached hydrogens (tertiary/aromatic N) is 2. The number of likely N-dealkylation sites (tertiary alicyclic amines) is 1. The van der Waals surface area contributed by atoms with Gasteiger partial charge in [-0.25, -0.2) is 0 Å². The molecule has 2 aliphatic heterocycles. The lowest BCUT2D eigenvalue weighted by Crippen LogP contribution is -2.45. The molecule has 2 saturated heterocycles. The van der Waals surface area contributed by atoms with Crippen LogP contribution in [0.5, 0.6) is 0 Å². The van der Waals surface area contributed by atoms with Gasteiger partial charge in [0, 0.05) is 19.1 Å². The van der Waals surface area contributed by atoms with Gasteiger partial charge in [-0.2, -0.15) is 0 Å². The fraction of sp³-hybridized carbons (Fsp3) is 1.00. The van der Waals surface area contributed by atoms with Gasteiger partial charge in [-0.1, -0.05) is 13.8 Å². The number of likely N-dealkylation sites (N-methyl/N-ethyl adjacent to an activating group) is 2. The highest BCUT2D eigenvalue weighted by atomic mass is 15.2. The fourth-order valence-corrected chi connectivity index (χ4v) is 3.78. The molecule has 1 N–H and O–H groups in total. The average molecular weight is 253 g/mol. The fourth-order valence-electron chi connectivity index (χ4n) is 3.78. The van der Waals surface area contributed by atoms with Gasteiger partial charge in [0.25, 0.3) is 0 Å². The van der Waals surface area contributed by atoms with Gasteiger partial charge in [-0.3, -0.25) is 4.90 Å². The molecule has 2 heterocycles. The van der Waals surface area contributed by atoms with Crippen LogP contribution < -0.4 is 5.32 Å². The van der Waals surface area contributed by atoms with Crippen LogP contribution >= 0.6 is 0 Å². The summed E-state index contributed by atoms with van der Waals surface area (Å²) >= 11 is 0. The van der Waals surface area contributed by atoms with Gasteiger partial charge >= 0.3 is 0 Å². The van der Waals surface area contributed by atoms with Crippen molar-refractivity contribution in [2.24, 2.45) is 5.41 Å². The Balaban J connectivity index is 1.78. The number of rotatable bonds is 5. The molecule has 0 aromatic carbocycles. The third-order valence-corrected chi connectivity index (χ3v) is 4.89. The summed E-state index contributed by atoms with van der Waals surface area (Å²) in [4.78, 5) is 5.24. The summed E-state index contributed by atoms with van der Waals surface area (Å²) in [6, 6.07) is 0.810. The largest absolute Gasteiger partial charge is 0.317 e. The second-order valence-corrected chi connectivity index (χ2v) is 6.68. The van der Waals surface area contributed by atoms with Crippen LogP contribution in [0.25, 0.3) is 0 Å². The predicted molar refractivity (Wildman–Crippen MR) is 78.0 cm³/mol. The lowest BCUT2D eigenvalue weighted by atomic mass is 9.80. The van der Waals surface area contributed by atoms with Crippen LogP contribution in [0.3, 0.4) is 0 Å². The molecule has 0 saturated carbocycles. The summed E-state index contributed by atoms with van der Waals surface area (Å²) in [6.07, 6.45) is 5.46. The molecule has 0 aromatic heterocycles. The zero-order valence-corrected chi connectivity index (χ0v) is 12.5. The van der Waals surface area contributed by atoms with Crippen molar-refractivity contribution in [3.05, 3.63) is 0 Å². The minimum Gasteiger partial charge on any atom is -0.317 e. The molecule has 2 aliphatic rings. The highest BCUT2D eigenvalue weighted by molar-refractivity contribution is 4.86. The van der Waals surface area contributed by atoms with E-state index in [0.717, 1.165) is 6.04 Å². The van der Waals surface area contributed by atoms with E-state index < -0.39 is 0 Å². The molecule has 18 heavy (non-hydrogen) atoms. The van der Waals surface area contributed by atoms with Crippen molar-refractivity contribution < 1.29 is 0 Å². The molecule has 0 bridgehead atoms. The molecule has 3 heteroatoms. The van der Waals surface area contributed by atoms with E-state index in [1.807, 2.05) is 0 Å². The lowest BCUT2D eigenvalue weighted by Gasteiger charge is -2.38. The number of hydrogen-bond acceptors (Lipinski definition) is 3. The van der Waals surface area contributed by atoms with Gasteiger partial charge in [-0.05, 0) is 64.3 Å². The molecule has 0 aliphatic carbocycles. The molecular weight excluding hydrogens is 222 g/mol. The summed E-state index contributed by atoms with van der Waals surface area (Å²) in [5, 5.41) is 3.48. The first-order chi connectivity index (χ1) is 8.63. The van der Waals surface area contributed by atoms with Crippen LogP contribution in [0.15, 0.2) is 0 Å². The number of piperidine rings is 1. The standard InChI is InChI=1S/C15H31N3/c1-4-18-11-5-6-14(18)12-17(3)13-15(2)7-9-16-10-8-15/h14,16H,4-13H2,1-3H3. The van der Waals surface area contributed by atoms with E-state index >= 15 is 0 Å². The van der Waals surface area contributed by atoms with E-state index in [9.17, 15) is 0 Å². The Morgan fingerprint density at radius 2 is 2.06 bits per heavy atom. The number of nitrogens with one attached hydrogen (secondary N) is 1. The molecule has 1 unspecified atom stereocenters. The predicted octanol–water partition coefficient (Wildman–Crippen LogP) is 1.79. The van der Waals surface area contributed by atoms with Crippen molar-refractivity contribution in [2.75, 3.05) is 46.3 Å². The molecule has 1 atom stereocenters. The molecule has 0 radical (unpaired) electrons. The summed E-state index contributed by atoms with van der Waals surface area (Å²) in [5.74, 6) is 0. The zero-order chi connectivity index (χ0) is 13.0. The topological polar surface area (TPSA) is 18.5 Å². The maximum Gasteiger partial charge on any atom is 0.0223 e. The van der Waals surface area contributed by atoms with Gasteiger partial charge < -0.3 is 10.2 Å². The van der Waals surface area contributed by atoms with E-state index in [2.05, 4.69) is 36.0 Å². The summed E-state index contributed by atoms with van der Waals surface area (Å²) in [6.45, 7) is 12.2. The van der Waals surface area contributed by atoms with Gasteiger partial charge in [-0.15, -0.1) is 0 Å². The first kappa shape index (κ1) is 14.3. The summed E-state index contributed by atoms with van der Waals surface area (Å²) in [5.41, 5.74) is 0.537. The second-order valence-electron chi connectivity index (χ2n) is 6.68. The smallest absolute Gasteiger partial charge is 0.0223 e. The van der Waals surface area contributed by atoms with E-state index in [1.165, 1.54) is 65.0 Å². The first-order valence-electron chi connectivity index (χ1n) is 7.76. The monoisotopic (exact) mass is 253 g/mol. The quantitative estimate of drug-likeness (QED) is 0.806. The molecule has 3 nitrogen and oxygen atoms in total. The Morgan fingerprint density at radius 1 is 1.33 bits per heavy atom. The third-order valence-electron chi connectivity index (χ3n) is 4.89. The Morgan fingerprint density at radius 3 is 2.72 bits per heavy atom. The van der Waals surface area contributed by atoms with Crippen molar-refractivity contribution >= 4 is 0 Å². The Bertz CT molecular complexity index is 248. The van der Waals surface area contributed by atoms with E-state index in [-0.39, 0.29) is 0 Å². The zero-order valence-electron chi connectivity index (χ0n) is 12.5. The van der Waals surface area contributed by atoms with Crippen molar-refractivity contribution in [3.63, 3.8) is 0 Å². The van der Waals surface area contributed by atoms with Crippen LogP contribution in [0.2, 0.25) is 0 Å². The number of hydrogen-bond donors (Lipinski definition) is 1. The molecule has 0 spiro atoms. The molecule has 106 valence electrons. The van der Waals surface area contributed by atoms with Gasteiger partial charge in [0.05, 0.1) is 0 Å². The third kappa shape index (κ3) is 3.69. The van der Waals surface area contributed by atoms with E-state index in [4.69, 9.17) is 0 Å². The second kappa shape index (κ2) is 6.36. The molecular formula is C15H31N3. The van der Waals surface area contributed by atoms with Crippen LogP contribution in [0.4, 0.5) is 0 Å². The maximum absolute atomic E-state index is 3.48. The highest BCUT2D eigenvalue weighted by Crippen LogP contribution is 2.29. The van der Waals surface area contributed by atoms with Crippen LogP contribution in [-0.4, -0.2) is 62.2 Å². The minimum absolute atomic E-state index is 0.537. The lowest BCUT2D eigenvalue weighted by molar-refractivity contribution is 0.121. The maximum atomic E-state index is 3.48. The molecule has 2 rings (SSSR count). The Labute approximate surface area is 113 Å². The SMILES string of the molecule is CCN1CCCC1CN(C)CC1(C)CCNCC1. The van der Waals surface area contributed by atoms with E-state index in [0.29, 0.717) is 5.41 Å². The molecule has 0 aromatic rings. The van der Waals surface area contributed by atoms with Gasteiger partial charge in [0.15, 0.2) is 0 Å². The molecule has 0 amide bonds. The van der Waals surface area contributed by atoms with Gasteiger partial charge in [0.1, 0.15) is 0 Å². The minimum atomic E-state index is 0.537. The Hall–Kier alpha value is -0.120. The van der Waals surface area contributed by atoms with Crippen LogP contribution in [-0.2, 0) is 0 Å². The van der Waals surface area contributed by atoms with E-state index in [1.54, 1.807) is 0 Å². The summed E-state index contributed by atoms with van der Waals surface area (Å²) in [7, 11) is 2.32. The van der Waals surface area contributed by atoms with Crippen molar-refractivity contribution in [1.29, 1.82) is 0 Å². The Kier molecular flexibility index (Phi) is 5.05. The van der Waals surface area contributed by atoms with Crippen LogP contribution in [0.1, 0.15) is 39.5 Å².